The van der Waals surface area contributed by atoms with Gasteiger partial charge in [0.15, 0.2) is 6.61 Å². The summed E-state index contributed by atoms with van der Waals surface area (Å²) in [4.78, 5) is 24.5. The third kappa shape index (κ3) is 6.37. The highest BCUT2D eigenvalue weighted by molar-refractivity contribution is 6.32. The number of hydrogen-bond acceptors (Lipinski definition) is 7. The number of likely N-dealkylation sites (tertiary alicyclic amines) is 1. The summed E-state index contributed by atoms with van der Waals surface area (Å²) >= 11 is 6.14. The fourth-order valence-electron chi connectivity index (χ4n) is 4.55. The van der Waals surface area contributed by atoms with Gasteiger partial charge in [-0.1, -0.05) is 11.6 Å². The normalized spacial score (nSPS) is 17.2. The Balaban J connectivity index is 1.32. The number of carboxylic acids is 1. The van der Waals surface area contributed by atoms with Gasteiger partial charge < -0.3 is 34.6 Å². The number of fused-ring (bicyclic) bond motifs is 1. The second-order valence-corrected chi connectivity index (χ2v) is 9.53. The fraction of sp³-hybridized carbons (Fsp3) is 0.440. The van der Waals surface area contributed by atoms with E-state index in [2.05, 4.69) is 10.2 Å². The minimum Gasteiger partial charge on any atom is -0.489 e. The number of carbonyl (C=O) groups excluding carboxylic acids is 1. The van der Waals surface area contributed by atoms with Crippen LogP contribution in [-0.2, 0) is 16.0 Å². The third-order valence-corrected chi connectivity index (χ3v) is 6.52. The molecule has 3 N–H and O–H groups in total. The van der Waals surface area contributed by atoms with E-state index in [9.17, 15) is 19.1 Å². The van der Waals surface area contributed by atoms with E-state index in [1.165, 1.54) is 31.2 Å². The van der Waals surface area contributed by atoms with Crippen molar-refractivity contribution in [3.8, 4) is 17.2 Å². The van der Waals surface area contributed by atoms with Gasteiger partial charge in [-0.25, -0.2) is 9.18 Å². The zero-order valence-corrected chi connectivity index (χ0v) is 20.5. The number of aliphatic hydroxyl groups excluding tert-OH is 1. The molecule has 1 spiro atoms. The zero-order valence-electron chi connectivity index (χ0n) is 19.8. The van der Waals surface area contributed by atoms with Gasteiger partial charge in [-0.2, -0.15) is 0 Å². The van der Waals surface area contributed by atoms with Crippen LogP contribution in [-0.4, -0.2) is 71.5 Å². The Labute approximate surface area is 212 Å². The van der Waals surface area contributed by atoms with E-state index in [1.54, 1.807) is 6.07 Å². The van der Waals surface area contributed by atoms with Crippen molar-refractivity contribution in [3.05, 3.63) is 46.7 Å². The summed E-state index contributed by atoms with van der Waals surface area (Å²) in [6.07, 6.45) is 1.35. The van der Waals surface area contributed by atoms with Gasteiger partial charge in [-0.05, 0) is 24.3 Å². The molecule has 0 aromatic heterocycles. The number of amides is 1. The van der Waals surface area contributed by atoms with Crippen molar-refractivity contribution < 1.29 is 38.4 Å². The van der Waals surface area contributed by atoms with Crippen LogP contribution in [0.3, 0.4) is 0 Å². The first kappa shape index (κ1) is 26.0. The van der Waals surface area contributed by atoms with E-state index >= 15 is 0 Å². The molecule has 2 aromatic rings. The molecule has 2 heterocycles. The number of piperidine rings is 1. The molecule has 0 saturated carbocycles. The number of carbonyl (C=O) groups is 2. The van der Waals surface area contributed by atoms with Crippen LogP contribution in [0.4, 0.5) is 10.1 Å². The molecule has 2 aliphatic heterocycles. The van der Waals surface area contributed by atoms with Crippen LogP contribution in [0.25, 0.3) is 0 Å². The highest BCUT2D eigenvalue weighted by Gasteiger charge is 2.42. The van der Waals surface area contributed by atoms with Gasteiger partial charge >= 0.3 is 5.97 Å². The number of ether oxygens (including phenoxy) is 3. The minimum atomic E-state index is -1.17. The smallest absolute Gasteiger partial charge is 0.341 e. The van der Waals surface area contributed by atoms with Crippen LogP contribution in [0, 0.1) is 5.82 Å². The quantitative estimate of drug-likeness (QED) is 0.460. The summed E-state index contributed by atoms with van der Waals surface area (Å²) in [5.74, 6) is -0.776. The molecular weight excluding hydrogens is 495 g/mol. The van der Waals surface area contributed by atoms with Crippen LogP contribution in [0.1, 0.15) is 25.3 Å². The molecule has 36 heavy (non-hydrogen) atoms. The van der Waals surface area contributed by atoms with E-state index in [4.69, 9.17) is 30.9 Å². The topological polar surface area (TPSA) is 118 Å². The monoisotopic (exact) mass is 522 g/mol. The first-order valence-electron chi connectivity index (χ1n) is 11.6. The Morgan fingerprint density at radius 1 is 1.22 bits per heavy atom. The van der Waals surface area contributed by atoms with Crippen LogP contribution >= 0.6 is 11.6 Å². The Kier molecular flexibility index (Phi) is 7.87. The number of nitrogens with zero attached hydrogens (tertiary/aromatic N) is 1. The van der Waals surface area contributed by atoms with E-state index < -0.39 is 18.7 Å². The van der Waals surface area contributed by atoms with Gasteiger partial charge in [0, 0.05) is 57.5 Å². The van der Waals surface area contributed by atoms with Crippen molar-refractivity contribution in [2.45, 2.75) is 37.9 Å². The van der Waals surface area contributed by atoms with Crippen molar-refractivity contribution in [1.29, 1.82) is 0 Å². The molecule has 1 fully saturated rings. The minimum absolute atomic E-state index is 0.0740. The Morgan fingerprint density at radius 3 is 2.67 bits per heavy atom. The number of aliphatic hydroxyl groups is 1. The summed E-state index contributed by atoms with van der Waals surface area (Å²) in [6, 6.07) is 7.39. The molecule has 0 radical (unpaired) electrons. The average molecular weight is 523 g/mol. The van der Waals surface area contributed by atoms with Gasteiger partial charge in [-0.3, -0.25) is 4.79 Å². The Bertz CT molecular complexity index is 1140. The second-order valence-electron chi connectivity index (χ2n) is 9.12. The second kappa shape index (κ2) is 10.9. The third-order valence-electron chi connectivity index (χ3n) is 6.23. The van der Waals surface area contributed by atoms with Crippen molar-refractivity contribution in [2.75, 3.05) is 38.2 Å². The summed E-state index contributed by atoms with van der Waals surface area (Å²) in [6.45, 7) is 2.44. The standard InChI is InChI=1S/C25H28ClFN2O7/c1-15(30)28-20-9-19(26)22(35-14-24(32)33)10-23(20)34-13-18(31)12-29-6-4-25(5-7-29)11-16-8-17(27)2-3-21(16)36-25/h2-3,8-10,18,31H,4-7,11-14H2,1H3,(H,28,30)(H,32,33)/t18-/m0/s1. The maximum Gasteiger partial charge on any atom is 0.341 e. The maximum atomic E-state index is 13.6. The lowest BCUT2D eigenvalue weighted by Gasteiger charge is -2.39. The zero-order chi connectivity index (χ0) is 25.9. The van der Waals surface area contributed by atoms with Crippen molar-refractivity contribution in [1.82, 2.24) is 4.90 Å². The number of halogens is 2. The van der Waals surface area contributed by atoms with Crippen LogP contribution < -0.4 is 19.5 Å². The van der Waals surface area contributed by atoms with Crippen LogP contribution in [0.15, 0.2) is 30.3 Å². The van der Waals surface area contributed by atoms with Gasteiger partial charge in [0.2, 0.25) is 5.91 Å². The predicted molar refractivity (Wildman–Crippen MR) is 130 cm³/mol. The number of nitrogens with one attached hydrogen (secondary N) is 1. The van der Waals surface area contributed by atoms with E-state index in [1.807, 2.05) is 0 Å². The van der Waals surface area contributed by atoms with Crippen LogP contribution in [0.5, 0.6) is 17.2 Å². The number of aliphatic carboxylic acids is 1. The number of carboxylic acid groups (broad SMARTS) is 1. The number of rotatable bonds is 9. The molecule has 0 unspecified atom stereocenters. The van der Waals surface area contributed by atoms with E-state index in [-0.39, 0.29) is 46.1 Å². The molecule has 1 atom stereocenters. The van der Waals surface area contributed by atoms with Gasteiger partial charge in [0.1, 0.15) is 41.4 Å². The summed E-state index contributed by atoms with van der Waals surface area (Å²) < 4.78 is 30.7. The highest BCUT2D eigenvalue weighted by Crippen LogP contribution is 2.41. The molecule has 11 heteroatoms. The average Bonchev–Trinajstić information content (AvgIpc) is 3.16. The van der Waals surface area contributed by atoms with E-state index in [0.717, 1.165) is 24.2 Å². The first-order valence-corrected chi connectivity index (χ1v) is 12.0. The van der Waals surface area contributed by atoms with Gasteiger partial charge in [-0.15, -0.1) is 0 Å². The lowest BCUT2D eigenvalue weighted by atomic mass is 9.87. The number of benzene rings is 2. The summed E-state index contributed by atoms with van der Waals surface area (Å²) in [5, 5.41) is 22.2. The van der Waals surface area contributed by atoms with E-state index in [0.29, 0.717) is 26.1 Å². The predicted octanol–water partition coefficient (Wildman–Crippen LogP) is 3.11. The number of β-amino-alcohol motifs (C(OH)–C–C–N with tert-alkyl or cyclic N) is 1. The summed E-state index contributed by atoms with van der Waals surface area (Å²) in [7, 11) is 0. The Hall–Kier alpha value is -3.08. The highest BCUT2D eigenvalue weighted by atomic mass is 35.5. The number of hydrogen-bond donors (Lipinski definition) is 3. The first-order chi connectivity index (χ1) is 17.1. The molecule has 9 nitrogen and oxygen atoms in total. The number of anilines is 1. The Morgan fingerprint density at radius 2 is 1.97 bits per heavy atom. The largest absolute Gasteiger partial charge is 0.489 e. The van der Waals surface area contributed by atoms with Crippen LogP contribution in [0.2, 0.25) is 5.02 Å². The molecule has 1 saturated heterocycles. The van der Waals surface area contributed by atoms with Crippen molar-refractivity contribution in [3.63, 3.8) is 0 Å². The van der Waals surface area contributed by atoms with Gasteiger partial charge in [0.05, 0.1) is 10.7 Å². The maximum absolute atomic E-state index is 13.6. The summed E-state index contributed by atoms with van der Waals surface area (Å²) in [5.41, 5.74) is 0.829. The van der Waals surface area contributed by atoms with Gasteiger partial charge in [0.25, 0.3) is 0 Å². The molecule has 2 aromatic carbocycles. The lowest BCUT2D eigenvalue weighted by Crippen LogP contribution is -2.49. The molecule has 0 aliphatic carbocycles. The van der Waals surface area contributed by atoms with Crippen molar-refractivity contribution in [2.24, 2.45) is 0 Å². The molecule has 194 valence electrons. The molecule has 4 rings (SSSR count). The molecule has 2 aliphatic rings. The van der Waals surface area contributed by atoms with Crippen molar-refractivity contribution >= 4 is 29.2 Å². The lowest BCUT2D eigenvalue weighted by molar-refractivity contribution is -0.139. The molecular formula is C25H28ClFN2O7. The molecule has 0 bridgehead atoms. The fourth-order valence-corrected chi connectivity index (χ4v) is 4.77. The SMILES string of the molecule is CC(=O)Nc1cc(Cl)c(OCC(=O)O)cc1OC[C@@H](O)CN1CCC2(CC1)Cc1cc(F)ccc1O2. The molecule has 1 amide bonds.